The molecule has 0 bridgehead atoms. The zero-order valence-electron chi connectivity index (χ0n) is 12.5. The quantitative estimate of drug-likeness (QED) is 0.944. The fourth-order valence-corrected chi connectivity index (χ4v) is 3.92. The lowest BCUT2D eigenvalue weighted by Crippen LogP contribution is -2.31. The number of nitrogens with zero attached hydrogens (tertiary/aromatic N) is 3. The van der Waals surface area contributed by atoms with Crippen molar-refractivity contribution in [3.63, 3.8) is 0 Å². The van der Waals surface area contributed by atoms with Gasteiger partial charge in [-0.1, -0.05) is 0 Å². The van der Waals surface area contributed by atoms with E-state index in [0.29, 0.717) is 5.92 Å². The van der Waals surface area contributed by atoms with Gasteiger partial charge in [0.25, 0.3) is 0 Å². The minimum atomic E-state index is 0.581. The van der Waals surface area contributed by atoms with Crippen molar-refractivity contribution in [2.45, 2.75) is 38.6 Å². The third-order valence-corrected chi connectivity index (χ3v) is 5.45. The Labute approximate surface area is 129 Å². The van der Waals surface area contributed by atoms with E-state index in [0.717, 1.165) is 37.0 Å². The van der Waals surface area contributed by atoms with Crippen LogP contribution in [-0.2, 0) is 13.0 Å². The smallest absolute Gasteiger partial charge is 0.137 e. The highest BCUT2D eigenvalue weighted by molar-refractivity contribution is 7.10. The van der Waals surface area contributed by atoms with Crippen molar-refractivity contribution in [1.82, 2.24) is 9.97 Å². The standard InChI is InChI=1S/C16H20N4S/c1-10-14(17-2)18-15(11-3-4-11)19-16(10)20-7-5-13-12(9-20)6-8-21-13/h6,8,11H,3-5,7,9H2,1-2H3,(H,17,18,19). The predicted octanol–water partition coefficient (Wildman–Crippen LogP) is 3.33. The first-order valence-corrected chi connectivity index (χ1v) is 8.50. The molecule has 0 aromatic carbocycles. The highest BCUT2D eigenvalue weighted by Gasteiger charge is 2.29. The Balaban J connectivity index is 1.72. The number of hydrogen-bond acceptors (Lipinski definition) is 5. The highest BCUT2D eigenvalue weighted by Crippen LogP contribution is 2.40. The summed E-state index contributed by atoms with van der Waals surface area (Å²) in [7, 11) is 1.95. The lowest BCUT2D eigenvalue weighted by molar-refractivity contribution is 0.721. The summed E-state index contributed by atoms with van der Waals surface area (Å²) in [5.41, 5.74) is 2.63. The maximum Gasteiger partial charge on any atom is 0.137 e. The number of rotatable bonds is 3. The summed E-state index contributed by atoms with van der Waals surface area (Å²) in [5.74, 6) is 3.71. The van der Waals surface area contributed by atoms with Gasteiger partial charge in [0.05, 0.1) is 0 Å². The second kappa shape index (κ2) is 4.98. The molecule has 0 saturated heterocycles. The summed E-state index contributed by atoms with van der Waals surface area (Å²) in [4.78, 5) is 13.5. The maximum atomic E-state index is 4.90. The molecule has 4 nitrogen and oxygen atoms in total. The summed E-state index contributed by atoms with van der Waals surface area (Å²) in [6.45, 7) is 4.16. The number of thiophene rings is 1. The van der Waals surface area contributed by atoms with Crippen molar-refractivity contribution in [3.05, 3.63) is 33.3 Å². The molecular formula is C16H20N4S. The van der Waals surface area contributed by atoms with E-state index in [2.05, 4.69) is 28.6 Å². The summed E-state index contributed by atoms with van der Waals surface area (Å²) in [5, 5.41) is 5.44. The number of fused-ring (bicyclic) bond motifs is 1. The van der Waals surface area contributed by atoms with E-state index in [1.165, 1.54) is 28.8 Å². The lowest BCUT2D eigenvalue weighted by atomic mass is 10.1. The van der Waals surface area contributed by atoms with Crippen LogP contribution in [0.15, 0.2) is 11.4 Å². The van der Waals surface area contributed by atoms with Gasteiger partial charge in [-0.2, -0.15) is 0 Å². The number of nitrogens with one attached hydrogen (secondary N) is 1. The summed E-state index contributed by atoms with van der Waals surface area (Å²) in [6, 6.07) is 2.25. The van der Waals surface area contributed by atoms with E-state index in [1.807, 2.05) is 18.4 Å². The van der Waals surface area contributed by atoms with Gasteiger partial charge in [0.2, 0.25) is 0 Å². The van der Waals surface area contributed by atoms with E-state index >= 15 is 0 Å². The average Bonchev–Trinajstić information content (AvgIpc) is 3.25. The monoisotopic (exact) mass is 300 g/mol. The van der Waals surface area contributed by atoms with Gasteiger partial charge in [-0.3, -0.25) is 0 Å². The van der Waals surface area contributed by atoms with Crippen LogP contribution in [0, 0.1) is 6.92 Å². The van der Waals surface area contributed by atoms with Crippen molar-refractivity contribution in [2.75, 3.05) is 23.8 Å². The molecule has 4 rings (SSSR count). The minimum Gasteiger partial charge on any atom is -0.373 e. The zero-order chi connectivity index (χ0) is 14.4. The van der Waals surface area contributed by atoms with Gasteiger partial charge in [0.1, 0.15) is 17.5 Å². The van der Waals surface area contributed by atoms with Crippen LogP contribution < -0.4 is 10.2 Å². The van der Waals surface area contributed by atoms with E-state index in [4.69, 9.17) is 9.97 Å². The van der Waals surface area contributed by atoms with E-state index in [9.17, 15) is 0 Å². The number of hydrogen-bond donors (Lipinski definition) is 1. The third-order valence-electron chi connectivity index (χ3n) is 4.42. The fourth-order valence-electron chi connectivity index (χ4n) is 3.03. The molecule has 1 fully saturated rings. The zero-order valence-corrected chi connectivity index (χ0v) is 13.3. The molecule has 1 aliphatic heterocycles. The third kappa shape index (κ3) is 2.29. The van der Waals surface area contributed by atoms with Crippen molar-refractivity contribution in [3.8, 4) is 0 Å². The first-order valence-electron chi connectivity index (χ1n) is 7.62. The van der Waals surface area contributed by atoms with Gasteiger partial charge >= 0.3 is 0 Å². The molecule has 2 aliphatic rings. The van der Waals surface area contributed by atoms with Crippen molar-refractivity contribution in [1.29, 1.82) is 0 Å². The first kappa shape index (κ1) is 13.1. The van der Waals surface area contributed by atoms with E-state index < -0.39 is 0 Å². The van der Waals surface area contributed by atoms with Crippen LogP contribution in [0.2, 0.25) is 0 Å². The molecule has 5 heteroatoms. The summed E-state index contributed by atoms with van der Waals surface area (Å²) < 4.78 is 0. The molecule has 1 saturated carbocycles. The Bertz CT molecular complexity index is 675. The molecule has 3 heterocycles. The van der Waals surface area contributed by atoms with Gasteiger partial charge < -0.3 is 10.2 Å². The molecule has 1 N–H and O–H groups in total. The van der Waals surface area contributed by atoms with Gasteiger partial charge in [-0.15, -0.1) is 11.3 Å². The summed E-state index contributed by atoms with van der Waals surface area (Å²) >= 11 is 1.88. The Morgan fingerprint density at radius 3 is 2.95 bits per heavy atom. The maximum absolute atomic E-state index is 4.90. The van der Waals surface area contributed by atoms with Crippen LogP contribution in [0.1, 0.15) is 40.6 Å². The van der Waals surface area contributed by atoms with Crippen LogP contribution in [0.3, 0.4) is 0 Å². The Morgan fingerprint density at radius 2 is 2.19 bits per heavy atom. The van der Waals surface area contributed by atoms with Crippen LogP contribution in [-0.4, -0.2) is 23.6 Å². The van der Waals surface area contributed by atoms with Gasteiger partial charge in [0.15, 0.2) is 0 Å². The molecule has 21 heavy (non-hydrogen) atoms. The molecule has 2 aromatic heterocycles. The predicted molar refractivity (Wildman–Crippen MR) is 87.4 cm³/mol. The van der Waals surface area contributed by atoms with Crippen LogP contribution in [0.5, 0.6) is 0 Å². The SMILES string of the molecule is CNc1nc(C2CC2)nc(N2CCc3sccc3C2)c1C. The van der Waals surface area contributed by atoms with Crippen LogP contribution >= 0.6 is 11.3 Å². The fraction of sp³-hybridized carbons (Fsp3) is 0.500. The second-order valence-corrected chi connectivity index (χ2v) is 6.94. The van der Waals surface area contributed by atoms with Crippen molar-refractivity contribution < 1.29 is 0 Å². The molecule has 0 atom stereocenters. The summed E-state index contributed by atoms with van der Waals surface area (Å²) in [6.07, 6.45) is 3.60. The number of anilines is 2. The Hall–Kier alpha value is -1.62. The Morgan fingerprint density at radius 1 is 1.33 bits per heavy atom. The van der Waals surface area contributed by atoms with Gasteiger partial charge in [0, 0.05) is 36.5 Å². The van der Waals surface area contributed by atoms with Gasteiger partial charge in [-0.05, 0) is 43.2 Å². The Kier molecular flexibility index (Phi) is 3.10. The first-order chi connectivity index (χ1) is 10.3. The highest BCUT2D eigenvalue weighted by atomic mass is 32.1. The minimum absolute atomic E-state index is 0.581. The van der Waals surface area contributed by atoms with Crippen LogP contribution in [0.25, 0.3) is 0 Å². The van der Waals surface area contributed by atoms with Crippen molar-refractivity contribution >= 4 is 23.0 Å². The normalized spacial score (nSPS) is 17.7. The largest absolute Gasteiger partial charge is 0.373 e. The molecule has 0 amide bonds. The molecule has 0 unspecified atom stereocenters. The molecule has 110 valence electrons. The molecule has 0 radical (unpaired) electrons. The van der Waals surface area contributed by atoms with E-state index in [-0.39, 0.29) is 0 Å². The lowest BCUT2D eigenvalue weighted by Gasteiger charge is -2.30. The van der Waals surface area contributed by atoms with Crippen molar-refractivity contribution in [2.24, 2.45) is 0 Å². The number of aromatic nitrogens is 2. The topological polar surface area (TPSA) is 41.1 Å². The van der Waals surface area contributed by atoms with Crippen LogP contribution in [0.4, 0.5) is 11.6 Å². The second-order valence-electron chi connectivity index (χ2n) is 5.94. The van der Waals surface area contributed by atoms with Gasteiger partial charge in [-0.25, -0.2) is 9.97 Å². The molecule has 0 spiro atoms. The van der Waals surface area contributed by atoms with E-state index in [1.54, 1.807) is 0 Å². The average molecular weight is 300 g/mol. The molecular weight excluding hydrogens is 280 g/mol. The molecule has 2 aromatic rings. The molecule has 1 aliphatic carbocycles.